The van der Waals surface area contributed by atoms with E-state index in [9.17, 15) is 4.79 Å². The molecule has 0 aromatic heterocycles. The van der Waals surface area contributed by atoms with E-state index < -0.39 is 0 Å². The van der Waals surface area contributed by atoms with Crippen LogP contribution in [0.15, 0.2) is 22.7 Å². The molecule has 1 saturated heterocycles. The van der Waals surface area contributed by atoms with Crippen LogP contribution in [0.1, 0.15) is 18.9 Å². The number of nitrogens with one attached hydrogen (secondary N) is 1. The fourth-order valence-corrected chi connectivity index (χ4v) is 2.91. The Bertz CT molecular complexity index is 485. The molecule has 1 aromatic carbocycles. The molecular formula is C15H22BrClN2O2. The van der Waals surface area contributed by atoms with Crippen molar-refractivity contribution in [2.24, 2.45) is 0 Å². The van der Waals surface area contributed by atoms with Crippen LogP contribution in [-0.4, -0.2) is 43.6 Å². The van der Waals surface area contributed by atoms with Crippen molar-refractivity contribution in [1.82, 2.24) is 10.2 Å². The molecular weight excluding hydrogens is 356 g/mol. The molecule has 1 fully saturated rings. The number of benzene rings is 1. The highest BCUT2D eigenvalue weighted by molar-refractivity contribution is 9.10. The second-order valence-electron chi connectivity index (χ2n) is 5.15. The number of amides is 1. The van der Waals surface area contributed by atoms with E-state index in [0.717, 1.165) is 35.4 Å². The number of methoxy groups -OCH3 is 1. The highest BCUT2D eigenvalue weighted by Crippen LogP contribution is 2.24. The van der Waals surface area contributed by atoms with Gasteiger partial charge in [0, 0.05) is 36.6 Å². The second kappa shape index (κ2) is 8.61. The van der Waals surface area contributed by atoms with Gasteiger partial charge in [-0.2, -0.15) is 0 Å². The fourth-order valence-electron chi connectivity index (χ4n) is 2.50. The second-order valence-corrected chi connectivity index (χ2v) is 6.07. The summed E-state index contributed by atoms with van der Waals surface area (Å²) in [5.41, 5.74) is 1.07. The summed E-state index contributed by atoms with van der Waals surface area (Å²) in [6, 6.07) is 6.28. The average molecular weight is 378 g/mol. The number of halogens is 2. The van der Waals surface area contributed by atoms with E-state index in [2.05, 4.69) is 28.2 Å². The fraction of sp³-hybridized carbons (Fsp3) is 0.533. The minimum Gasteiger partial charge on any atom is -0.496 e. The Morgan fingerprint density at radius 2 is 2.29 bits per heavy atom. The van der Waals surface area contributed by atoms with Crippen LogP contribution in [0.5, 0.6) is 5.75 Å². The minimum atomic E-state index is 0. The van der Waals surface area contributed by atoms with E-state index in [0.29, 0.717) is 18.9 Å². The smallest absolute Gasteiger partial charge is 0.223 e. The summed E-state index contributed by atoms with van der Waals surface area (Å²) in [6.45, 7) is 4.59. The van der Waals surface area contributed by atoms with Gasteiger partial charge < -0.3 is 15.0 Å². The third-order valence-corrected chi connectivity index (χ3v) is 4.07. The maximum atomic E-state index is 12.2. The maximum absolute atomic E-state index is 12.2. The van der Waals surface area contributed by atoms with Crippen LogP contribution in [0.4, 0.5) is 0 Å². The van der Waals surface area contributed by atoms with Crippen molar-refractivity contribution in [3.8, 4) is 5.75 Å². The van der Waals surface area contributed by atoms with Crippen LogP contribution >= 0.6 is 28.3 Å². The lowest BCUT2D eigenvalue weighted by atomic mass is 10.1. The molecule has 0 aliphatic carbocycles. The van der Waals surface area contributed by atoms with Crippen molar-refractivity contribution in [2.75, 3.05) is 26.7 Å². The standard InChI is InChI=1S/C15H21BrN2O2.ClH/c1-11-10-18(8-7-17-11)15(19)6-3-12-9-13(16)4-5-14(12)20-2;/h4-5,9,11,17H,3,6-8,10H2,1-2H3;1H. The van der Waals surface area contributed by atoms with E-state index in [1.165, 1.54) is 0 Å². The number of aryl methyl sites for hydroxylation is 1. The molecule has 1 aliphatic heterocycles. The highest BCUT2D eigenvalue weighted by Gasteiger charge is 2.20. The van der Waals surface area contributed by atoms with Crippen LogP contribution in [-0.2, 0) is 11.2 Å². The first-order valence-electron chi connectivity index (χ1n) is 6.93. The van der Waals surface area contributed by atoms with Gasteiger partial charge in [-0.15, -0.1) is 12.4 Å². The number of hydrogen-bond acceptors (Lipinski definition) is 3. The number of carbonyl (C=O) groups excluding carboxylic acids is 1. The lowest BCUT2D eigenvalue weighted by Gasteiger charge is -2.32. The first-order valence-corrected chi connectivity index (χ1v) is 7.73. The van der Waals surface area contributed by atoms with Crippen LogP contribution in [0.3, 0.4) is 0 Å². The molecule has 0 bridgehead atoms. The highest BCUT2D eigenvalue weighted by atomic mass is 79.9. The topological polar surface area (TPSA) is 41.6 Å². The Morgan fingerprint density at radius 1 is 1.52 bits per heavy atom. The van der Waals surface area contributed by atoms with Gasteiger partial charge in [-0.3, -0.25) is 4.79 Å². The number of hydrogen-bond donors (Lipinski definition) is 1. The van der Waals surface area contributed by atoms with Crippen molar-refractivity contribution >= 4 is 34.2 Å². The first kappa shape index (κ1) is 18.3. The molecule has 1 unspecified atom stereocenters. The molecule has 2 rings (SSSR count). The Kier molecular flexibility index (Phi) is 7.49. The molecule has 0 spiro atoms. The summed E-state index contributed by atoms with van der Waals surface area (Å²) in [5, 5.41) is 3.35. The van der Waals surface area contributed by atoms with E-state index in [4.69, 9.17) is 4.74 Å². The molecule has 0 saturated carbocycles. The molecule has 0 radical (unpaired) electrons. The van der Waals surface area contributed by atoms with Crippen LogP contribution in [0, 0.1) is 0 Å². The van der Waals surface area contributed by atoms with E-state index >= 15 is 0 Å². The zero-order valence-electron chi connectivity index (χ0n) is 12.4. The van der Waals surface area contributed by atoms with Gasteiger partial charge in [-0.05, 0) is 37.1 Å². The molecule has 1 aliphatic rings. The van der Waals surface area contributed by atoms with Crippen LogP contribution < -0.4 is 10.1 Å². The van der Waals surface area contributed by atoms with Gasteiger partial charge in [-0.25, -0.2) is 0 Å². The van der Waals surface area contributed by atoms with Gasteiger partial charge in [0.05, 0.1) is 7.11 Å². The summed E-state index contributed by atoms with van der Waals surface area (Å²) < 4.78 is 6.35. The average Bonchev–Trinajstić information content (AvgIpc) is 2.45. The number of nitrogens with zero attached hydrogens (tertiary/aromatic N) is 1. The van der Waals surface area contributed by atoms with Crippen molar-refractivity contribution in [3.05, 3.63) is 28.2 Å². The Balaban J connectivity index is 0.00000220. The van der Waals surface area contributed by atoms with E-state index in [1.807, 2.05) is 23.1 Å². The summed E-state index contributed by atoms with van der Waals surface area (Å²) in [6.07, 6.45) is 1.24. The van der Waals surface area contributed by atoms with E-state index in [-0.39, 0.29) is 18.3 Å². The monoisotopic (exact) mass is 376 g/mol. The van der Waals surface area contributed by atoms with Gasteiger partial charge >= 0.3 is 0 Å². The number of piperazine rings is 1. The summed E-state index contributed by atoms with van der Waals surface area (Å²) in [4.78, 5) is 14.2. The normalized spacial score (nSPS) is 18.0. The predicted molar refractivity (Wildman–Crippen MR) is 90.3 cm³/mol. The third-order valence-electron chi connectivity index (χ3n) is 3.57. The van der Waals surface area contributed by atoms with Crippen LogP contribution in [0.2, 0.25) is 0 Å². The van der Waals surface area contributed by atoms with Gasteiger partial charge in [0.25, 0.3) is 0 Å². The predicted octanol–water partition coefficient (Wildman–Crippen LogP) is 2.63. The largest absolute Gasteiger partial charge is 0.496 e. The van der Waals surface area contributed by atoms with Crippen molar-refractivity contribution in [3.63, 3.8) is 0 Å². The lowest BCUT2D eigenvalue weighted by Crippen LogP contribution is -2.51. The number of rotatable bonds is 4. The quantitative estimate of drug-likeness (QED) is 0.877. The minimum absolute atomic E-state index is 0. The van der Waals surface area contributed by atoms with Gasteiger partial charge in [0.1, 0.15) is 5.75 Å². The summed E-state index contributed by atoms with van der Waals surface area (Å²) >= 11 is 3.46. The van der Waals surface area contributed by atoms with Crippen molar-refractivity contribution in [2.45, 2.75) is 25.8 Å². The van der Waals surface area contributed by atoms with Gasteiger partial charge in [0.2, 0.25) is 5.91 Å². The van der Waals surface area contributed by atoms with Crippen molar-refractivity contribution in [1.29, 1.82) is 0 Å². The lowest BCUT2D eigenvalue weighted by molar-refractivity contribution is -0.132. The molecule has 6 heteroatoms. The molecule has 4 nitrogen and oxygen atoms in total. The third kappa shape index (κ3) is 5.16. The molecule has 1 N–H and O–H groups in total. The van der Waals surface area contributed by atoms with Crippen LogP contribution in [0.25, 0.3) is 0 Å². The molecule has 21 heavy (non-hydrogen) atoms. The number of carbonyl (C=O) groups is 1. The van der Waals surface area contributed by atoms with Crippen molar-refractivity contribution < 1.29 is 9.53 Å². The Morgan fingerprint density at radius 3 is 2.95 bits per heavy atom. The van der Waals surface area contributed by atoms with Gasteiger partial charge in [0.15, 0.2) is 0 Å². The van der Waals surface area contributed by atoms with Gasteiger partial charge in [-0.1, -0.05) is 15.9 Å². The SMILES string of the molecule is COc1ccc(Br)cc1CCC(=O)N1CCNC(C)C1.Cl. The Hall–Kier alpha value is -0.780. The molecule has 1 atom stereocenters. The summed E-state index contributed by atoms with van der Waals surface area (Å²) in [5.74, 6) is 1.06. The summed E-state index contributed by atoms with van der Waals surface area (Å²) in [7, 11) is 1.66. The zero-order valence-corrected chi connectivity index (χ0v) is 14.8. The Labute approximate surface area is 140 Å². The molecule has 118 valence electrons. The molecule has 1 aromatic rings. The van der Waals surface area contributed by atoms with E-state index in [1.54, 1.807) is 7.11 Å². The zero-order chi connectivity index (χ0) is 14.5. The molecule has 1 heterocycles. The number of ether oxygens (including phenoxy) is 1. The molecule has 1 amide bonds. The first-order chi connectivity index (χ1) is 9.60. The maximum Gasteiger partial charge on any atom is 0.223 e.